The highest BCUT2D eigenvalue weighted by Gasteiger charge is 2.27. The second-order valence-electron chi connectivity index (χ2n) is 5.33. The third-order valence-electron chi connectivity index (χ3n) is 3.37. The third-order valence-corrected chi connectivity index (χ3v) is 4.21. The van der Waals surface area contributed by atoms with Gasteiger partial charge in [0.1, 0.15) is 6.07 Å². The fraction of sp³-hybridized carbons (Fsp3) is 0.375. The van der Waals surface area contributed by atoms with Crippen LogP contribution < -0.4 is 4.90 Å². The molecule has 0 amide bonds. The molecule has 2 atom stereocenters. The summed E-state index contributed by atoms with van der Waals surface area (Å²) in [7, 11) is 0. The Labute approximate surface area is 133 Å². The predicted molar refractivity (Wildman–Crippen MR) is 86.7 cm³/mol. The third kappa shape index (κ3) is 3.21. The van der Waals surface area contributed by atoms with Crippen LogP contribution in [0.25, 0.3) is 12.2 Å². The van der Waals surface area contributed by atoms with Gasteiger partial charge in [-0.1, -0.05) is 6.07 Å². The summed E-state index contributed by atoms with van der Waals surface area (Å²) in [5.74, 6) is 0.988. The zero-order chi connectivity index (χ0) is 15.5. The van der Waals surface area contributed by atoms with Crippen molar-refractivity contribution in [1.29, 1.82) is 5.26 Å². The lowest BCUT2D eigenvalue weighted by atomic mass is 10.2. The van der Waals surface area contributed by atoms with E-state index in [0.717, 1.165) is 4.88 Å². The molecule has 0 saturated carbocycles. The van der Waals surface area contributed by atoms with Crippen molar-refractivity contribution < 1.29 is 9.15 Å². The van der Waals surface area contributed by atoms with E-state index in [1.165, 1.54) is 0 Å². The van der Waals surface area contributed by atoms with Gasteiger partial charge in [0.25, 0.3) is 0 Å². The van der Waals surface area contributed by atoms with E-state index in [1.807, 2.05) is 42.3 Å². The smallest absolute Gasteiger partial charge is 0.235 e. The van der Waals surface area contributed by atoms with E-state index in [0.29, 0.717) is 30.6 Å². The molecule has 114 valence electrons. The van der Waals surface area contributed by atoms with Crippen LogP contribution in [0.1, 0.15) is 30.3 Å². The second kappa shape index (κ2) is 6.34. The maximum atomic E-state index is 9.29. The van der Waals surface area contributed by atoms with E-state index < -0.39 is 0 Å². The first-order valence-corrected chi connectivity index (χ1v) is 8.06. The molecule has 6 heteroatoms. The second-order valence-corrected chi connectivity index (χ2v) is 6.31. The molecule has 0 aromatic carbocycles. The molecule has 0 N–H and O–H groups in total. The maximum Gasteiger partial charge on any atom is 0.235 e. The summed E-state index contributed by atoms with van der Waals surface area (Å²) >= 11 is 1.64. The van der Waals surface area contributed by atoms with Gasteiger partial charge in [0.2, 0.25) is 17.5 Å². The van der Waals surface area contributed by atoms with Crippen molar-refractivity contribution in [3.63, 3.8) is 0 Å². The van der Waals surface area contributed by atoms with Gasteiger partial charge >= 0.3 is 0 Å². The number of morpholine rings is 1. The van der Waals surface area contributed by atoms with Crippen molar-refractivity contribution in [1.82, 2.24) is 4.98 Å². The van der Waals surface area contributed by atoms with Crippen LogP contribution in [0, 0.1) is 11.3 Å². The molecule has 3 rings (SSSR count). The molecule has 0 bridgehead atoms. The molecule has 1 aliphatic rings. The summed E-state index contributed by atoms with van der Waals surface area (Å²) < 4.78 is 11.5. The van der Waals surface area contributed by atoms with Gasteiger partial charge in [-0.15, -0.1) is 11.3 Å². The molecule has 1 saturated heterocycles. The van der Waals surface area contributed by atoms with E-state index in [-0.39, 0.29) is 12.2 Å². The van der Waals surface area contributed by atoms with Crippen molar-refractivity contribution in [3.8, 4) is 6.07 Å². The lowest BCUT2D eigenvalue weighted by Gasteiger charge is -2.34. The molecular formula is C16H17N3O2S. The number of thiophene rings is 1. The number of oxazole rings is 1. The number of anilines is 1. The Morgan fingerprint density at radius 2 is 2.14 bits per heavy atom. The molecule has 2 unspecified atom stereocenters. The van der Waals surface area contributed by atoms with Crippen molar-refractivity contribution in [2.24, 2.45) is 0 Å². The zero-order valence-corrected chi connectivity index (χ0v) is 13.3. The van der Waals surface area contributed by atoms with Crippen LogP contribution in [-0.4, -0.2) is 30.3 Å². The number of nitriles is 1. The van der Waals surface area contributed by atoms with Gasteiger partial charge in [-0.3, -0.25) is 0 Å². The lowest BCUT2D eigenvalue weighted by Crippen LogP contribution is -2.45. The molecule has 2 aromatic heterocycles. The number of nitrogens with zero attached hydrogens (tertiary/aromatic N) is 3. The van der Waals surface area contributed by atoms with Crippen molar-refractivity contribution in [2.45, 2.75) is 26.1 Å². The molecule has 22 heavy (non-hydrogen) atoms. The van der Waals surface area contributed by atoms with E-state index >= 15 is 0 Å². The van der Waals surface area contributed by atoms with Gasteiger partial charge in [-0.2, -0.15) is 10.2 Å². The summed E-state index contributed by atoms with van der Waals surface area (Å²) in [5, 5.41) is 11.3. The minimum absolute atomic E-state index is 0.102. The highest BCUT2D eigenvalue weighted by Crippen LogP contribution is 2.26. The fourth-order valence-corrected chi connectivity index (χ4v) is 3.19. The minimum atomic E-state index is 0.102. The van der Waals surface area contributed by atoms with Gasteiger partial charge in [-0.05, 0) is 31.4 Å². The Kier molecular flexibility index (Phi) is 4.27. The average molecular weight is 315 g/mol. The van der Waals surface area contributed by atoms with Gasteiger partial charge in [0.05, 0.1) is 12.2 Å². The maximum absolute atomic E-state index is 9.29. The van der Waals surface area contributed by atoms with Crippen LogP contribution in [0.5, 0.6) is 0 Å². The predicted octanol–water partition coefficient (Wildman–Crippen LogP) is 3.39. The number of aromatic nitrogens is 1. The highest BCUT2D eigenvalue weighted by atomic mass is 32.1. The summed E-state index contributed by atoms with van der Waals surface area (Å²) in [4.78, 5) is 7.41. The fourth-order valence-electron chi connectivity index (χ4n) is 2.57. The Morgan fingerprint density at radius 1 is 1.36 bits per heavy atom. The van der Waals surface area contributed by atoms with Crippen LogP contribution in [0.4, 0.5) is 5.88 Å². The molecular weight excluding hydrogens is 298 g/mol. The standard InChI is InChI=1S/C16H17N3O2S/c1-11-9-19(10-12(2)20-11)16-14(8-17)18-15(21-16)6-5-13-4-3-7-22-13/h3-7,11-12H,9-10H2,1-2H3/b6-5+. The summed E-state index contributed by atoms with van der Waals surface area (Å²) in [6, 6.07) is 6.12. The van der Waals surface area contributed by atoms with E-state index in [1.54, 1.807) is 17.4 Å². The molecule has 1 aliphatic heterocycles. The first-order chi connectivity index (χ1) is 10.7. The van der Waals surface area contributed by atoms with Crippen molar-refractivity contribution >= 4 is 29.4 Å². The topological polar surface area (TPSA) is 62.3 Å². The highest BCUT2D eigenvalue weighted by molar-refractivity contribution is 7.10. The Balaban J connectivity index is 1.84. The van der Waals surface area contributed by atoms with Crippen LogP contribution in [-0.2, 0) is 4.74 Å². The minimum Gasteiger partial charge on any atom is -0.420 e. The molecule has 3 heterocycles. The van der Waals surface area contributed by atoms with Gasteiger partial charge in [0.15, 0.2) is 0 Å². The normalized spacial score (nSPS) is 22.1. The SMILES string of the molecule is CC1CN(c2oc(/C=C/c3cccs3)nc2C#N)CC(C)O1. The zero-order valence-electron chi connectivity index (χ0n) is 12.5. The number of rotatable bonds is 3. The largest absolute Gasteiger partial charge is 0.420 e. The van der Waals surface area contributed by atoms with Crippen LogP contribution in [0.3, 0.4) is 0 Å². The van der Waals surface area contributed by atoms with Gasteiger partial charge in [0, 0.05) is 24.0 Å². The first kappa shape index (κ1) is 14.8. The molecule has 1 fully saturated rings. The Hall–Kier alpha value is -2.10. The molecule has 2 aromatic rings. The Morgan fingerprint density at radius 3 is 2.77 bits per heavy atom. The van der Waals surface area contributed by atoms with Gasteiger partial charge < -0.3 is 14.1 Å². The molecule has 0 spiro atoms. The van der Waals surface area contributed by atoms with E-state index in [9.17, 15) is 5.26 Å². The summed E-state index contributed by atoms with van der Waals surface area (Å²) in [6.45, 7) is 5.43. The van der Waals surface area contributed by atoms with Crippen molar-refractivity contribution in [2.75, 3.05) is 18.0 Å². The average Bonchev–Trinajstić information content (AvgIpc) is 3.13. The van der Waals surface area contributed by atoms with E-state index in [4.69, 9.17) is 9.15 Å². The Bertz CT molecular complexity index is 690. The number of ether oxygens (including phenoxy) is 1. The van der Waals surface area contributed by atoms with Crippen LogP contribution >= 0.6 is 11.3 Å². The molecule has 5 nitrogen and oxygen atoms in total. The van der Waals surface area contributed by atoms with Gasteiger partial charge in [-0.25, -0.2) is 0 Å². The first-order valence-electron chi connectivity index (χ1n) is 7.18. The quantitative estimate of drug-likeness (QED) is 0.868. The van der Waals surface area contributed by atoms with Crippen molar-refractivity contribution in [3.05, 3.63) is 34.0 Å². The van der Waals surface area contributed by atoms with E-state index in [2.05, 4.69) is 11.1 Å². The van der Waals surface area contributed by atoms with Crippen LogP contribution in [0.15, 0.2) is 21.9 Å². The molecule has 0 aliphatic carbocycles. The lowest BCUT2D eigenvalue weighted by molar-refractivity contribution is -0.00642. The summed E-state index contributed by atoms with van der Waals surface area (Å²) in [5.41, 5.74) is 0.326. The molecule has 0 radical (unpaired) electrons. The van der Waals surface area contributed by atoms with Crippen LogP contribution in [0.2, 0.25) is 0 Å². The monoisotopic (exact) mass is 315 g/mol. The number of hydrogen-bond acceptors (Lipinski definition) is 6. The number of hydrogen-bond donors (Lipinski definition) is 0. The summed E-state index contributed by atoms with van der Waals surface area (Å²) in [6.07, 6.45) is 3.94.